The van der Waals surface area contributed by atoms with Crippen molar-refractivity contribution in [3.63, 3.8) is 0 Å². The van der Waals surface area contributed by atoms with Crippen LogP contribution in [0, 0.1) is 11.6 Å². The van der Waals surface area contributed by atoms with E-state index >= 15 is 0 Å². The van der Waals surface area contributed by atoms with Gasteiger partial charge in [-0.25, -0.2) is 8.78 Å². The van der Waals surface area contributed by atoms with Crippen LogP contribution in [-0.4, -0.2) is 39.3 Å². The quantitative estimate of drug-likeness (QED) is 0.709. The predicted octanol–water partition coefficient (Wildman–Crippen LogP) is 1.21. The molecule has 5 nitrogen and oxygen atoms in total. The number of hydrogen-bond acceptors (Lipinski definition) is 4. The Morgan fingerprint density at radius 3 is 2.48 bits per heavy atom. The summed E-state index contributed by atoms with van der Waals surface area (Å²) >= 11 is 0. The molecule has 118 valence electrons. The van der Waals surface area contributed by atoms with Gasteiger partial charge < -0.3 is 20.1 Å². The van der Waals surface area contributed by atoms with E-state index in [9.17, 15) is 13.6 Å². The van der Waals surface area contributed by atoms with Gasteiger partial charge in [-0.3, -0.25) is 4.79 Å². The van der Waals surface area contributed by atoms with Crippen LogP contribution < -0.4 is 15.4 Å². The summed E-state index contributed by atoms with van der Waals surface area (Å²) in [6.07, 6.45) is -0.982. The fraction of sp³-hybridized carbons (Fsp3) is 0.500. The van der Waals surface area contributed by atoms with Crippen LogP contribution in [0.2, 0.25) is 0 Å². The number of amides is 1. The summed E-state index contributed by atoms with van der Waals surface area (Å²) < 4.78 is 37.6. The van der Waals surface area contributed by atoms with Crippen LogP contribution >= 0.6 is 0 Å². The highest BCUT2D eigenvalue weighted by Gasteiger charge is 2.19. The molecule has 0 aliphatic rings. The summed E-state index contributed by atoms with van der Waals surface area (Å²) in [5.41, 5.74) is 0.445. The standard InChI is InChI=1S/C14H20F2N2O3/c1-9(14(19)17-2)21-13-11(15)6-10(7-12(13)16)8-18-4-5-20-3/h6-7,9,18H,4-5,8H2,1-3H3,(H,17,19). The number of carbonyl (C=O) groups is 1. The average Bonchev–Trinajstić information content (AvgIpc) is 2.46. The lowest BCUT2D eigenvalue weighted by Crippen LogP contribution is -2.34. The van der Waals surface area contributed by atoms with Crippen molar-refractivity contribution in [2.24, 2.45) is 0 Å². The minimum atomic E-state index is -0.982. The molecule has 0 radical (unpaired) electrons. The van der Waals surface area contributed by atoms with E-state index in [-0.39, 0.29) is 0 Å². The Balaban J connectivity index is 2.73. The number of ether oxygens (including phenoxy) is 2. The third-order valence-electron chi connectivity index (χ3n) is 2.78. The molecule has 0 fully saturated rings. The zero-order valence-electron chi connectivity index (χ0n) is 12.3. The van der Waals surface area contributed by atoms with E-state index < -0.39 is 29.4 Å². The fourth-order valence-corrected chi connectivity index (χ4v) is 1.67. The maximum atomic E-state index is 13.9. The van der Waals surface area contributed by atoms with E-state index in [0.29, 0.717) is 25.3 Å². The average molecular weight is 302 g/mol. The van der Waals surface area contributed by atoms with Crippen molar-refractivity contribution in [3.05, 3.63) is 29.3 Å². The van der Waals surface area contributed by atoms with Gasteiger partial charge in [-0.2, -0.15) is 0 Å². The molecule has 0 aliphatic carbocycles. The van der Waals surface area contributed by atoms with Crippen molar-refractivity contribution >= 4 is 5.91 Å². The molecular weight excluding hydrogens is 282 g/mol. The molecule has 0 heterocycles. The molecule has 1 aromatic carbocycles. The van der Waals surface area contributed by atoms with Crippen LogP contribution in [0.4, 0.5) is 8.78 Å². The summed E-state index contributed by atoms with van der Waals surface area (Å²) in [5, 5.41) is 5.33. The largest absolute Gasteiger partial charge is 0.475 e. The zero-order chi connectivity index (χ0) is 15.8. The topological polar surface area (TPSA) is 59.6 Å². The summed E-state index contributed by atoms with van der Waals surface area (Å²) in [4.78, 5) is 11.3. The van der Waals surface area contributed by atoms with Crippen LogP contribution in [0.1, 0.15) is 12.5 Å². The van der Waals surface area contributed by atoms with Crippen LogP contribution in [-0.2, 0) is 16.1 Å². The molecule has 2 N–H and O–H groups in total. The van der Waals surface area contributed by atoms with Crippen molar-refractivity contribution in [2.45, 2.75) is 19.6 Å². The number of methoxy groups -OCH3 is 1. The monoisotopic (exact) mass is 302 g/mol. The van der Waals surface area contributed by atoms with E-state index in [2.05, 4.69) is 10.6 Å². The molecule has 21 heavy (non-hydrogen) atoms. The third kappa shape index (κ3) is 5.28. The number of carbonyl (C=O) groups excluding carboxylic acids is 1. The Hall–Kier alpha value is -1.73. The lowest BCUT2D eigenvalue weighted by Gasteiger charge is -2.15. The second-order valence-corrected chi connectivity index (χ2v) is 4.43. The minimum absolute atomic E-state index is 0.308. The summed E-state index contributed by atoms with van der Waals surface area (Å²) in [7, 11) is 2.99. The third-order valence-corrected chi connectivity index (χ3v) is 2.78. The molecule has 0 bridgehead atoms. The van der Waals surface area contributed by atoms with Crippen LogP contribution in [0.15, 0.2) is 12.1 Å². The number of nitrogens with one attached hydrogen (secondary N) is 2. The Labute approximate surface area is 122 Å². The molecule has 1 atom stereocenters. The van der Waals surface area contributed by atoms with Gasteiger partial charge in [-0.1, -0.05) is 0 Å². The number of rotatable bonds is 8. The highest BCUT2D eigenvalue weighted by atomic mass is 19.1. The summed E-state index contributed by atoms with van der Waals surface area (Å²) in [6.45, 7) is 2.81. The molecule has 0 saturated carbocycles. The van der Waals surface area contributed by atoms with Gasteiger partial charge in [-0.05, 0) is 24.6 Å². The molecule has 0 spiro atoms. The first kappa shape index (κ1) is 17.3. The van der Waals surface area contributed by atoms with E-state index in [0.717, 1.165) is 0 Å². The van der Waals surface area contributed by atoms with Crippen molar-refractivity contribution in [3.8, 4) is 5.75 Å². The normalized spacial score (nSPS) is 12.0. The first-order chi connectivity index (χ1) is 9.99. The SMILES string of the molecule is CNC(=O)C(C)Oc1c(F)cc(CNCCOC)cc1F. The molecule has 1 unspecified atom stereocenters. The second kappa shape index (κ2) is 8.53. The Morgan fingerprint density at radius 2 is 1.95 bits per heavy atom. The summed E-state index contributed by atoms with van der Waals surface area (Å²) in [5.74, 6) is -2.69. The molecule has 0 saturated heterocycles. The van der Waals surface area contributed by atoms with Gasteiger partial charge in [0.15, 0.2) is 23.5 Å². The number of halogens is 2. The lowest BCUT2D eigenvalue weighted by atomic mass is 10.2. The van der Waals surface area contributed by atoms with Gasteiger partial charge in [0, 0.05) is 27.2 Å². The molecular formula is C14H20F2N2O3. The van der Waals surface area contributed by atoms with Crippen molar-refractivity contribution in [1.29, 1.82) is 0 Å². The van der Waals surface area contributed by atoms with E-state index in [1.54, 1.807) is 7.11 Å². The number of hydrogen-bond donors (Lipinski definition) is 2. The predicted molar refractivity (Wildman–Crippen MR) is 74.1 cm³/mol. The first-order valence-electron chi connectivity index (χ1n) is 6.55. The lowest BCUT2D eigenvalue weighted by molar-refractivity contribution is -0.126. The zero-order valence-corrected chi connectivity index (χ0v) is 12.3. The van der Waals surface area contributed by atoms with Crippen molar-refractivity contribution in [2.75, 3.05) is 27.3 Å². The Bertz CT molecular complexity index is 460. The molecule has 1 aromatic rings. The van der Waals surface area contributed by atoms with Gasteiger partial charge in [0.25, 0.3) is 5.91 Å². The van der Waals surface area contributed by atoms with Gasteiger partial charge in [0.1, 0.15) is 0 Å². The second-order valence-electron chi connectivity index (χ2n) is 4.43. The maximum absolute atomic E-state index is 13.9. The van der Waals surface area contributed by atoms with Gasteiger partial charge in [0.05, 0.1) is 6.61 Å². The van der Waals surface area contributed by atoms with Gasteiger partial charge >= 0.3 is 0 Å². The highest BCUT2D eigenvalue weighted by Crippen LogP contribution is 2.24. The van der Waals surface area contributed by atoms with Crippen LogP contribution in [0.25, 0.3) is 0 Å². The Morgan fingerprint density at radius 1 is 1.33 bits per heavy atom. The highest BCUT2D eigenvalue weighted by molar-refractivity contribution is 5.80. The molecule has 1 amide bonds. The summed E-state index contributed by atoms with van der Waals surface area (Å²) in [6, 6.07) is 2.35. The van der Waals surface area contributed by atoms with E-state index in [4.69, 9.17) is 9.47 Å². The van der Waals surface area contributed by atoms with E-state index in [1.165, 1.54) is 26.1 Å². The Kier molecular flexibility index (Phi) is 7.04. The van der Waals surface area contributed by atoms with Crippen LogP contribution in [0.3, 0.4) is 0 Å². The number of benzene rings is 1. The molecule has 0 aromatic heterocycles. The van der Waals surface area contributed by atoms with Gasteiger partial charge in [-0.15, -0.1) is 0 Å². The number of likely N-dealkylation sites (N-methyl/N-ethyl adjacent to an activating group) is 1. The fourth-order valence-electron chi connectivity index (χ4n) is 1.67. The molecule has 7 heteroatoms. The maximum Gasteiger partial charge on any atom is 0.260 e. The van der Waals surface area contributed by atoms with Gasteiger partial charge in [0.2, 0.25) is 0 Å². The van der Waals surface area contributed by atoms with E-state index in [1.807, 2.05) is 0 Å². The first-order valence-corrected chi connectivity index (χ1v) is 6.55. The smallest absolute Gasteiger partial charge is 0.260 e. The van der Waals surface area contributed by atoms with Crippen LogP contribution in [0.5, 0.6) is 5.75 Å². The molecule has 0 aliphatic heterocycles. The van der Waals surface area contributed by atoms with Crippen molar-refractivity contribution in [1.82, 2.24) is 10.6 Å². The van der Waals surface area contributed by atoms with Crippen molar-refractivity contribution < 1.29 is 23.0 Å². The minimum Gasteiger partial charge on any atom is -0.475 e. The molecule has 1 rings (SSSR count).